The predicted molar refractivity (Wildman–Crippen MR) is 92.6 cm³/mol. The van der Waals surface area contributed by atoms with E-state index in [9.17, 15) is 4.79 Å². The van der Waals surface area contributed by atoms with Gasteiger partial charge in [-0.05, 0) is 31.2 Å². The number of nitrogens with one attached hydrogen (secondary N) is 1. The topological polar surface area (TPSA) is 72.2 Å². The lowest BCUT2D eigenvalue weighted by atomic mass is 10.2. The minimum Gasteiger partial charge on any atom is -0.267 e. The van der Waals surface area contributed by atoms with E-state index in [1.54, 1.807) is 29.2 Å². The van der Waals surface area contributed by atoms with Crippen molar-refractivity contribution in [1.82, 2.24) is 20.2 Å². The monoisotopic (exact) mass is 339 g/mol. The van der Waals surface area contributed by atoms with Gasteiger partial charge in [0.2, 0.25) is 0 Å². The summed E-state index contributed by atoms with van der Waals surface area (Å²) in [5.41, 5.74) is 5.31. The molecular weight excluding hydrogens is 326 g/mol. The average Bonchev–Trinajstić information content (AvgIpc) is 2.91. The van der Waals surface area contributed by atoms with E-state index in [1.807, 2.05) is 37.3 Å². The molecule has 0 atom stereocenters. The summed E-state index contributed by atoms with van der Waals surface area (Å²) in [4.78, 5) is 15.8. The van der Waals surface area contributed by atoms with E-state index in [4.69, 9.17) is 11.6 Å². The van der Waals surface area contributed by atoms with Gasteiger partial charge < -0.3 is 0 Å². The van der Waals surface area contributed by atoms with Crippen molar-refractivity contribution >= 4 is 23.7 Å². The third-order valence-electron chi connectivity index (χ3n) is 3.42. The van der Waals surface area contributed by atoms with Gasteiger partial charge in [0.15, 0.2) is 5.15 Å². The van der Waals surface area contributed by atoms with Gasteiger partial charge in [0.05, 0.1) is 23.2 Å². The van der Waals surface area contributed by atoms with Crippen LogP contribution in [0.15, 0.2) is 60.0 Å². The molecule has 120 valence electrons. The lowest BCUT2D eigenvalue weighted by Gasteiger charge is -2.03. The van der Waals surface area contributed by atoms with Gasteiger partial charge in [0.1, 0.15) is 0 Å². The lowest BCUT2D eigenvalue weighted by molar-refractivity contribution is 0.0955. The minimum absolute atomic E-state index is 0.318. The first-order valence-electron chi connectivity index (χ1n) is 7.21. The van der Waals surface area contributed by atoms with Crippen LogP contribution in [0.25, 0.3) is 5.69 Å². The van der Waals surface area contributed by atoms with Crippen molar-refractivity contribution < 1.29 is 4.79 Å². The SMILES string of the molecule is Cc1c(/C=N\NC(=O)c2ccncc2)c(Cl)nn1-c1ccccc1. The molecule has 1 aromatic carbocycles. The first-order valence-corrected chi connectivity index (χ1v) is 7.58. The zero-order chi connectivity index (χ0) is 16.9. The minimum atomic E-state index is -0.321. The largest absolute Gasteiger partial charge is 0.271 e. The normalized spacial score (nSPS) is 10.9. The summed E-state index contributed by atoms with van der Waals surface area (Å²) in [5.74, 6) is -0.321. The smallest absolute Gasteiger partial charge is 0.267 e. The number of aromatic nitrogens is 3. The number of pyridine rings is 1. The predicted octanol–water partition coefficient (Wildman–Crippen LogP) is 2.99. The maximum Gasteiger partial charge on any atom is 0.271 e. The van der Waals surface area contributed by atoms with Crippen LogP contribution in [0.1, 0.15) is 21.6 Å². The third-order valence-corrected chi connectivity index (χ3v) is 3.70. The molecule has 0 spiro atoms. The Morgan fingerprint density at radius 2 is 1.92 bits per heavy atom. The Labute approximate surface area is 143 Å². The molecule has 6 nitrogen and oxygen atoms in total. The summed E-state index contributed by atoms with van der Waals surface area (Å²) in [6, 6.07) is 12.9. The molecule has 3 aromatic rings. The van der Waals surface area contributed by atoms with E-state index in [-0.39, 0.29) is 5.91 Å². The average molecular weight is 340 g/mol. The number of hydrazone groups is 1. The van der Waals surface area contributed by atoms with E-state index in [0.29, 0.717) is 16.3 Å². The summed E-state index contributed by atoms with van der Waals surface area (Å²) in [6.07, 6.45) is 4.58. The maximum absolute atomic E-state index is 11.9. The highest BCUT2D eigenvalue weighted by Gasteiger charge is 2.12. The van der Waals surface area contributed by atoms with Gasteiger partial charge in [-0.2, -0.15) is 10.2 Å². The number of hydrogen-bond donors (Lipinski definition) is 1. The van der Waals surface area contributed by atoms with E-state index in [1.165, 1.54) is 6.21 Å². The highest BCUT2D eigenvalue weighted by Crippen LogP contribution is 2.20. The van der Waals surface area contributed by atoms with Crippen LogP contribution < -0.4 is 5.43 Å². The van der Waals surface area contributed by atoms with Crippen molar-refractivity contribution in [2.24, 2.45) is 5.10 Å². The van der Waals surface area contributed by atoms with Gasteiger partial charge >= 0.3 is 0 Å². The van der Waals surface area contributed by atoms with Crippen LogP contribution in [-0.2, 0) is 0 Å². The second kappa shape index (κ2) is 7.06. The number of hydrogen-bond acceptors (Lipinski definition) is 4. The highest BCUT2D eigenvalue weighted by atomic mass is 35.5. The zero-order valence-electron chi connectivity index (χ0n) is 12.8. The van der Waals surface area contributed by atoms with Crippen LogP contribution in [0, 0.1) is 6.92 Å². The summed E-state index contributed by atoms with van der Waals surface area (Å²) < 4.78 is 1.73. The van der Waals surface area contributed by atoms with Crippen molar-refractivity contribution in [2.75, 3.05) is 0 Å². The molecule has 0 aliphatic carbocycles. The second-order valence-electron chi connectivity index (χ2n) is 4.97. The van der Waals surface area contributed by atoms with Crippen molar-refractivity contribution in [1.29, 1.82) is 0 Å². The van der Waals surface area contributed by atoms with Gasteiger partial charge in [0, 0.05) is 18.0 Å². The van der Waals surface area contributed by atoms with Crippen LogP contribution in [0.4, 0.5) is 0 Å². The molecule has 1 N–H and O–H groups in total. The summed E-state index contributed by atoms with van der Waals surface area (Å²) in [5, 5.41) is 8.59. The van der Waals surface area contributed by atoms with E-state index in [2.05, 4.69) is 20.6 Å². The summed E-state index contributed by atoms with van der Waals surface area (Å²) in [6.45, 7) is 1.89. The first kappa shape index (κ1) is 15.9. The maximum atomic E-state index is 11.9. The fourth-order valence-corrected chi connectivity index (χ4v) is 2.43. The zero-order valence-corrected chi connectivity index (χ0v) is 13.6. The molecule has 0 bridgehead atoms. The quantitative estimate of drug-likeness (QED) is 0.586. The molecule has 24 heavy (non-hydrogen) atoms. The first-order chi connectivity index (χ1) is 11.7. The Balaban J connectivity index is 1.78. The van der Waals surface area contributed by atoms with E-state index >= 15 is 0 Å². The molecule has 0 saturated carbocycles. The Bertz CT molecular complexity index is 875. The molecule has 0 radical (unpaired) electrons. The Kier molecular flexibility index (Phi) is 4.67. The molecule has 0 fully saturated rings. The molecule has 1 amide bonds. The van der Waals surface area contributed by atoms with Crippen LogP contribution in [0.5, 0.6) is 0 Å². The fraction of sp³-hybridized carbons (Fsp3) is 0.0588. The van der Waals surface area contributed by atoms with Gasteiger partial charge in [0.25, 0.3) is 5.91 Å². The number of amides is 1. The van der Waals surface area contributed by atoms with Crippen LogP contribution >= 0.6 is 11.6 Å². The van der Waals surface area contributed by atoms with Crippen LogP contribution in [0.2, 0.25) is 5.15 Å². The van der Waals surface area contributed by atoms with E-state index in [0.717, 1.165) is 11.4 Å². The Morgan fingerprint density at radius 3 is 2.62 bits per heavy atom. The highest BCUT2D eigenvalue weighted by molar-refractivity contribution is 6.32. The number of carbonyl (C=O) groups is 1. The molecule has 0 saturated heterocycles. The van der Waals surface area contributed by atoms with Gasteiger partial charge in [-0.25, -0.2) is 10.1 Å². The standard InChI is InChI=1S/C17H14ClN5O/c1-12-15(11-20-21-17(24)13-7-9-19-10-8-13)16(18)22-23(12)14-5-3-2-4-6-14/h2-11H,1H3,(H,21,24)/b20-11-. The summed E-state index contributed by atoms with van der Waals surface area (Å²) in [7, 11) is 0. The summed E-state index contributed by atoms with van der Waals surface area (Å²) >= 11 is 6.19. The Hall–Kier alpha value is -2.99. The van der Waals surface area contributed by atoms with Crippen molar-refractivity contribution in [3.05, 3.63) is 76.8 Å². The van der Waals surface area contributed by atoms with E-state index < -0.39 is 0 Å². The molecule has 0 unspecified atom stereocenters. The second-order valence-corrected chi connectivity index (χ2v) is 5.33. The molecule has 2 aromatic heterocycles. The number of benzene rings is 1. The number of nitrogens with zero attached hydrogens (tertiary/aromatic N) is 4. The number of halogens is 1. The fourth-order valence-electron chi connectivity index (χ4n) is 2.17. The van der Waals surface area contributed by atoms with Gasteiger partial charge in [-0.3, -0.25) is 9.78 Å². The van der Waals surface area contributed by atoms with Crippen molar-refractivity contribution in [2.45, 2.75) is 6.92 Å². The van der Waals surface area contributed by atoms with Crippen LogP contribution in [-0.4, -0.2) is 26.9 Å². The molecule has 0 aliphatic rings. The van der Waals surface area contributed by atoms with Gasteiger partial charge in [-0.1, -0.05) is 29.8 Å². The molecule has 0 aliphatic heterocycles. The molecular formula is C17H14ClN5O. The number of para-hydroxylation sites is 1. The number of rotatable bonds is 4. The molecule has 2 heterocycles. The van der Waals surface area contributed by atoms with Gasteiger partial charge in [-0.15, -0.1) is 0 Å². The third kappa shape index (κ3) is 3.33. The molecule has 7 heteroatoms. The number of carbonyl (C=O) groups excluding carboxylic acids is 1. The molecule has 3 rings (SSSR count). The van der Waals surface area contributed by atoms with Crippen molar-refractivity contribution in [3.63, 3.8) is 0 Å². The lowest BCUT2D eigenvalue weighted by Crippen LogP contribution is -2.17. The van der Waals surface area contributed by atoms with Crippen molar-refractivity contribution in [3.8, 4) is 5.69 Å². The van der Waals surface area contributed by atoms with Crippen LogP contribution in [0.3, 0.4) is 0 Å². The Morgan fingerprint density at radius 1 is 1.21 bits per heavy atom.